The van der Waals surface area contributed by atoms with E-state index in [0.29, 0.717) is 10.6 Å². The van der Waals surface area contributed by atoms with Gasteiger partial charge in [-0.15, -0.1) is 0 Å². The van der Waals surface area contributed by atoms with Crippen molar-refractivity contribution in [2.24, 2.45) is 0 Å². The first-order valence-corrected chi connectivity index (χ1v) is 9.01. The number of carbonyl (C=O) groups is 2. The Morgan fingerprint density at radius 1 is 1.36 bits per heavy atom. The first-order valence-electron chi connectivity index (χ1n) is 7.15. The predicted molar refractivity (Wildman–Crippen MR) is 82.8 cm³/mol. The van der Waals surface area contributed by atoms with Crippen LogP contribution in [0.4, 0.5) is 13.2 Å². The molecule has 0 radical (unpaired) electrons. The molecule has 2 rings (SSSR count). The number of hydrogen-bond acceptors (Lipinski definition) is 4. The van der Waals surface area contributed by atoms with Gasteiger partial charge in [0.25, 0.3) is 0 Å². The lowest BCUT2D eigenvalue weighted by molar-refractivity contribution is -0.130. The molecular weight excluding hydrogens is 385 g/mol. The van der Waals surface area contributed by atoms with Gasteiger partial charge in [-0.3, -0.25) is 9.59 Å². The number of alkyl halides is 3. The molecule has 0 saturated carbocycles. The summed E-state index contributed by atoms with van der Waals surface area (Å²) in [6, 6.07) is 5.97. The minimum absolute atomic E-state index is 0.128. The Balaban J connectivity index is 2.05. The molecule has 2 amide bonds. The van der Waals surface area contributed by atoms with Gasteiger partial charge in [0.15, 0.2) is 0 Å². The third-order valence-electron chi connectivity index (χ3n) is 3.67. The third kappa shape index (κ3) is 4.85. The van der Waals surface area contributed by atoms with Crippen molar-refractivity contribution in [3.8, 4) is 0 Å². The van der Waals surface area contributed by atoms with Crippen LogP contribution in [-0.2, 0) is 26.2 Å². The summed E-state index contributed by atoms with van der Waals surface area (Å²) >= 11 is 5.86. The maximum atomic E-state index is 12.3. The molecule has 1 aliphatic heterocycles. The number of nitrogens with one attached hydrogen (secondary N) is 1. The van der Waals surface area contributed by atoms with Gasteiger partial charge in [-0.2, -0.15) is 21.6 Å². The van der Waals surface area contributed by atoms with E-state index in [4.69, 9.17) is 11.6 Å². The van der Waals surface area contributed by atoms with Crippen molar-refractivity contribution in [1.82, 2.24) is 9.62 Å². The molecule has 1 fully saturated rings. The normalized spacial score (nSPS) is 18.5. The van der Waals surface area contributed by atoms with Gasteiger partial charge < -0.3 is 4.90 Å². The minimum Gasteiger partial charge on any atom is -0.335 e. The number of carbonyl (C=O) groups excluding carboxylic acids is 2. The Hall–Kier alpha value is -1.81. The number of amides is 2. The van der Waals surface area contributed by atoms with E-state index in [-0.39, 0.29) is 25.3 Å². The van der Waals surface area contributed by atoms with Crippen LogP contribution in [0.2, 0.25) is 5.02 Å². The van der Waals surface area contributed by atoms with Crippen molar-refractivity contribution < 1.29 is 31.2 Å². The molecule has 1 N–H and O–H groups in total. The van der Waals surface area contributed by atoms with Gasteiger partial charge >= 0.3 is 15.5 Å². The molecule has 1 aromatic rings. The molecule has 6 nitrogen and oxygen atoms in total. The number of sulfonamides is 1. The highest BCUT2D eigenvalue weighted by molar-refractivity contribution is 7.90. The highest BCUT2D eigenvalue weighted by Crippen LogP contribution is 2.26. The van der Waals surface area contributed by atoms with Gasteiger partial charge in [0.05, 0.1) is 0 Å². The Morgan fingerprint density at radius 2 is 2.04 bits per heavy atom. The zero-order valence-electron chi connectivity index (χ0n) is 12.7. The molecule has 0 aromatic heterocycles. The van der Waals surface area contributed by atoms with Crippen LogP contribution in [0.3, 0.4) is 0 Å². The molecule has 0 aliphatic carbocycles. The maximum Gasteiger partial charge on any atom is 0.516 e. The largest absolute Gasteiger partial charge is 0.516 e. The van der Waals surface area contributed by atoms with Crippen LogP contribution in [0.25, 0.3) is 0 Å². The second-order valence-electron chi connectivity index (χ2n) is 5.52. The predicted octanol–water partition coefficient (Wildman–Crippen LogP) is 2.19. The lowest BCUT2D eigenvalue weighted by atomic mass is 10.1. The maximum absolute atomic E-state index is 12.3. The first kappa shape index (κ1) is 19.5. The number of halogens is 4. The molecule has 1 saturated heterocycles. The lowest BCUT2D eigenvalue weighted by Crippen LogP contribution is -2.43. The van der Waals surface area contributed by atoms with Crippen LogP contribution >= 0.6 is 11.6 Å². The van der Waals surface area contributed by atoms with Gasteiger partial charge in [-0.1, -0.05) is 23.7 Å². The smallest absolute Gasteiger partial charge is 0.335 e. The number of nitrogens with zero attached hydrogens (tertiary/aromatic N) is 1. The quantitative estimate of drug-likeness (QED) is 0.824. The summed E-state index contributed by atoms with van der Waals surface area (Å²) in [5.41, 5.74) is -4.88. The van der Waals surface area contributed by atoms with Crippen LogP contribution in [0.15, 0.2) is 24.3 Å². The van der Waals surface area contributed by atoms with Crippen molar-refractivity contribution in [3.05, 3.63) is 34.9 Å². The Morgan fingerprint density at radius 3 is 2.64 bits per heavy atom. The Labute approximate surface area is 147 Å². The minimum atomic E-state index is -5.75. The summed E-state index contributed by atoms with van der Waals surface area (Å²) in [6.07, 6.45) is -0.162. The van der Waals surface area contributed by atoms with Crippen molar-refractivity contribution in [2.75, 3.05) is 0 Å². The molecule has 1 aromatic carbocycles. The number of hydrogen-bond donors (Lipinski definition) is 1. The fraction of sp³-hybridized carbons (Fsp3) is 0.429. The van der Waals surface area contributed by atoms with Crippen LogP contribution < -0.4 is 4.72 Å². The zero-order valence-corrected chi connectivity index (χ0v) is 14.3. The highest BCUT2D eigenvalue weighted by atomic mass is 35.5. The van der Waals surface area contributed by atoms with E-state index in [1.807, 2.05) is 0 Å². The number of likely N-dealkylation sites (tertiary alicyclic amines) is 1. The second-order valence-corrected chi connectivity index (χ2v) is 7.63. The van der Waals surface area contributed by atoms with Crippen LogP contribution in [0.5, 0.6) is 0 Å². The van der Waals surface area contributed by atoms with Gasteiger partial charge in [-0.25, -0.2) is 4.72 Å². The summed E-state index contributed by atoms with van der Waals surface area (Å²) in [5, 5.41) is 0.453. The van der Waals surface area contributed by atoms with E-state index in [0.717, 1.165) is 4.72 Å². The van der Waals surface area contributed by atoms with Gasteiger partial charge in [0.1, 0.15) is 0 Å². The van der Waals surface area contributed by atoms with E-state index in [9.17, 15) is 31.2 Å². The van der Waals surface area contributed by atoms with Crippen LogP contribution in [-0.4, -0.2) is 36.7 Å². The van der Waals surface area contributed by atoms with Crippen LogP contribution in [0.1, 0.15) is 24.8 Å². The molecule has 1 aliphatic rings. The summed E-state index contributed by atoms with van der Waals surface area (Å²) < 4.78 is 59.8. The fourth-order valence-electron chi connectivity index (χ4n) is 2.52. The Bertz CT molecular complexity index is 783. The molecule has 25 heavy (non-hydrogen) atoms. The summed E-state index contributed by atoms with van der Waals surface area (Å²) in [6.45, 7) is 0.128. The van der Waals surface area contributed by atoms with Gasteiger partial charge in [0, 0.05) is 30.5 Å². The van der Waals surface area contributed by atoms with Gasteiger partial charge in [-0.05, 0) is 24.1 Å². The molecule has 0 bridgehead atoms. The van der Waals surface area contributed by atoms with Crippen molar-refractivity contribution >= 4 is 33.4 Å². The molecule has 138 valence electrons. The molecule has 11 heteroatoms. The lowest BCUT2D eigenvalue weighted by Gasteiger charge is -2.24. The topological polar surface area (TPSA) is 83.6 Å². The average molecular weight is 399 g/mol. The highest BCUT2D eigenvalue weighted by Gasteiger charge is 2.47. The monoisotopic (exact) mass is 398 g/mol. The molecule has 1 heterocycles. The molecular formula is C14H14ClF3N2O4S. The van der Waals surface area contributed by atoms with Crippen molar-refractivity contribution in [1.29, 1.82) is 0 Å². The Kier molecular flexibility index (Phi) is 5.62. The van der Waals surface area contributed by atoms with E-state index in [1.165, 1.54) is 4.90 Å². The van der Waals surface area contributed by atoms with E-state index in [1.54, 1.807) is 24.3 Å². The van der Waals surface area contributed by atoms with E-state index >= 15 is 0 Å². The van der Waals surface area contributed by atoms with Crippen molar-refractivity contribution in [3.63, 3.8) is 0 Å². The number of rotatable bonds is 5. The summed E-state index contributed by atoms with van der Waals surface area (Å²) in [7, 11) is -5.75. The first-order chi connectivity index (χ1) is 11.5. The molecule has 1 atom stereocenters. The van der Waals surface area contributed by atoms with E-state index < -0.39 is 33.9 Å². The second kappa shape index (κ2) is 7.20. The van der Waals surface area contributed by atoms with Crippen molar-refractivity contribution in [2.45, 2.75) is 37.4 Å². The standard InChI is InChI=1S/C14H14ClF3N2O4S/c15-10-3-1-2-9(6-10)8-20-11(4-5-13(20)22)7-12(21)19-25(23,24)14(16,17)18/h1-3,6,11H,4-5,7-8H2,(H,19,21). The SMILES string of the molecule is O=C(CC1CCC(=O)N1Cc1cccc(Cl)c1)NS(=O)(=O)C(F)(F)F. The fourth-order valence-corrected chi connectivity index (χ4v) is 3.23. The number of benzene rings is 1. The molecule has 1 unspecified atom stereocenters. The third-order valence-corrected chi connectivity index (χ3v) is 5.01. The zero-order chi connectivity index (χ0) is 18.8. The molecule has 0 spiro atoms. The average Bonchev–Trinajstić information content (AvgIpc) is 2.78. The van der Waals surface area contributed by atoms with E-state index in [2.05, 4.69) is 0 Å². The summed E-state index contributed by atoms with van der Waals surface area (Å²) in [5.74, 6) is -1.58. The van der Waals surface area contributed by atoms with Crippen LogP contribution in [0, 0.1) is 0 Å². The summed E-state index contributed by atoms with van der Waals surface area (Å²) in [4.78, 5) is 25.0. The van der Waals surface area contributed by atoms with Gasteiger partial charge in [0.2, 0.25) is 11.8 Å².